The third-order valence-electron chi connectivity index (χ3n) is 3.52. The maximum Gasteiger partial charge on any atom is -0.0280 e. The van der Waals surface area contributed by atoms with Gasteiger partial charge in [0, 0.05) is 0 Å². The van der Waals surface area contributed by atoms with Gasteiger partial charge in [-0.2, -0.15) is 0 Å². The van der Waals surface area contributed by atoms with Gasteiger partial charge in [0.2, 0.25) is 0 Å². The fraction of sp³-hybridized carbons (Fsp3) is 0.750. The van der Waals surface area contributed by atoms with Gasteiger partial charge in [-0.05, 0) is 38.5 Å². The summed E-state index contributed by atoms with van der Waals surface area (Å²) >= 11 is 0. The summed E-state index contributed by atoms with van der Waals surface area (Å²) in [6.07, 6.45) is 18.4. The molecule has 1 aliphatic carbocycles. The van der Waals surface area contributed by atoms with E-state index >= 15 is 0 Å². The molecule has 0 fully saturated rings. The topological polar surface area (TPSA) is 0 Å². The molecule has 0 saturated carbocycles. The predicted octanol–water partition coefficient (Wildman–Crippen LogP) is 5.79. The van der Waals surface area contributed by atoms with Crippen LogP contribution in [0.4, 0.5) is 0 Å². The minimum Gasteiger partial charge on any atom is -0.0699 e. The summed E-state index contributed by atoms with van der Waals surface area (Å²) in [6, 6.07) is 0. The van der Waals surface area contributed by atoms with Gasteiger partial charge in [-0.3, -0.25) is 0 Å². The maximum atomic E-state index is 2.40. The highest BCUT2D eigenvalue weighted by molar-refractivity contribution is 5.23. The molecule has 0 aliphatic heterocycles. The second-order valence-electron chi connectivity index (χ2n) is 5.06. The van der Waals surface area contributed by atoms with Crippen LogP contribution in [-0.2, 0) is 0 Å². The Kier molecular flexibility index (Phi) is 7.29. The normalized spacial score (nSPS) is 15.9. The van der Waals surface area contributed by atoms with Crippen molar-refractivity contribution in [2.75, 3.05) is 0 Å². The van der Waals surface area contributed by atoms with Crippen molar-refractivity contribution in [2.24, 2.45) is 0 Å². The lowest BCUT2D eigenvalue weighted by Crippen LogP contribution is -1.94. The first-order valence-corrected chi connectivity index (χ1v) is 7.24. The SMILES string of the molecule is CCCCCC1=CC=C(CCCCC)CC1. The number of unbranched alkanes of at least 4 members (excludes halogenated alkanes) is 4. The molecule has 0 heteroatoms. The van der Waals surface area contributed by atoms with Crippen molar-refractivity contribution in [2.45, 2.75) is 78.1 Å². The minimum absolute atomic E-state index is 1.33. The maximum absolute atomic E-state index is 2.40. The Bertz CT molecular complexity index is 206. The summed E-state index contributed by atoms with van der Waals surface area (Å²) in [4.78, 5) is 0. The van der Waals surface area contributed by atoms with E-state index in [9.17, 15) is 0 Å². The van der Waals surface area contributed by atoms with Gasteiger partial charge in [-0.15, -0.1) is 0 Å². The molecule has 0 heterocycles. The Hall–Kier alpha value is -0.520. The molecule has 0 aromatic rings. The molecule has 0 aromatic heterocycles. The van der Waals surface area contributed by atoms with Crippen LogP contribution in [0.1, 0.15) is 78.1 Å². The first kappa shape index (κ1) is 13.5. The number of hydrogen-bond acceptors (Lipinski definition) is 0. The average molecular weight is 220 g/mol. The smallest absolute Gasteiger partial charge is 0.0280 e. The van der Waals surface area contributed by atoms with Crippen LogP contribution in [0.15, 0.2) is 23.3 Å². The van der Waals surface area contributed by atoms with Crippen LogP contribution in [-0.4, -0.2) is 0 Å². The summed E-state index contributed by atoms with van der Waals surface area (Å²) in [6.45, 7) is 4.56. The second kappa shape index (κ2) is 8.61. The molecule has 92 valence electrons. The molecule has 0 aromatic carbocycles. The minimum atomic E-state index is 1.33. The number of hydrogen-bond donors (Lipinski definition) is 0. The molecule has 0 radical (unpaired) electrons. The third kappa shape index (κ3) is 5.53. The summed E-state index contributed by atoms with van der Waals surface area (Å²) in [7, 11) is 0. The lowest BCUT2D eigenvalue weighted by molar-refractivity contribution is 0.667. The number of rotatable bonds is 8. The number of allylic oxidation sites excluding steroid dienone is 4. The monoisotopic (exact) mass is 220 g/mol. The van der Waals surface area contributed by atoms with Crippen molar-refractivity contribution < 1.29 is 0 Å². The zero-order valence-corrected chi connectivity index (χ0v) is 11.2. The van der Waals surface area contributed by atoms with Gasteiger partial charge in [0.25, 0.3) is 0 Å². The zero-order valence-electron chi connectivity index (χ0n) is 11.2. The van der Waals surface area contributed by atoms with Crippen molar-refractivity contribution >= 4 is 0 Å². The first-order valence-electron chi connectivity index (χ1n) is 7.24. The van der Waals surface area contributed by atoms with Gasteiger partial charge in [0.1, 0.15) is 0 Å². The molecule has 0 N–H and O–H groups in total. The van der Waals surface area contributed by atoms with Crippen LogP contribution in [0.5, 0.6) is 0 Å². The molecule has 0 saturated heterocycles. The van der Waals surface area contributed by atoms with Crippen LogP contribution < -0.4 is 0 Å². The highest BCUT2D eigenvalue weighted by Gasteiger charge is 2.05. The summed E-state index contributed by atoms with van der Waals surface area (Å²) in [5.41, 5.74) is 3.38. The first-order chi connectivity index (χ1) is 7.86. The Labute approximate surface area is 102 Å². The van der Waals surface area contributed by atoms with Crippen LogP contribution in [0, 0.1) is 0 Å². The van der Waals surface area contributed by atoms with Crippen molar-refractivity contribution in [3.63, 3.8) is 0 Å². The Balaban J connectivity index is 2.21. The van der Waals surface area contributed by atoms with Gasteiger partial charge >= 0.3 is 0 Å². The van der Waals surface area contributed by atoms with E-state index in [-0.39, 0.29) is 0 Å². The molecular formula is C16H28. The van der Waals surface area contributed by atoms with Crippen molar-refractivity contribution in [3.8, 4) is 0 Å². The quantitative estimate of drug-likeness (QED) is 0.454. The van der Waals surface area contributed by atoms with Gasteiger partial charge in [0.05, 0.1) is 0 Å². The van der Waals surface area contributed by atoms with E-state index in [1.54, 1.807) is 11.1 Å². The molecule has 0 amide bonds. The fourth-order valence-electron chi connectivity index (χ4n) is 2.34. The van der Waals surface area contributed by atoms with Gasteiger partial charge in [-0.25, -0.2) is 0 Å². The lowest BCUT2D eigenvalue weighted by atomic mass is 9.92. The van der Waals surface area contributed by atoms with Crippen molar-refractivity contribution in [1.82, 2.24) is 0 Å². The summed E-state index contributed by atoms with van der Waals surface area (Å²) < 4.78 is 0. The van der Waals surface area contributed by atoms with Gasteiger partial charge < -0.3 is 0 Å². The van der Waals surface area contributed by atoms with E-state index in [4.69, 9.17) is 0 Å². The van der Waals surface area contributed by atoms with Gasteiger partial charge in [-0.1, -0.05) is 62.8 Å². The van der Waals surface area contributed by atoms with E-state index in [0.717, 1.165) is 0 Å². The zero-order chi connectivity index (χ0) is 11.6. The Morgan fingerprint density at radius 2 is 1.19 bits per heavy atom. The van der Waals surface area contributed by atoms with Crippen LogP contribution in [0.25, 0.3) is 0 Å². The average Bonchev–Trinajstić information content (AvgIpc) is 2.32. The van der Waals surface area contributed by atoms with Crippen LogP contribution in [0.3, 0.4) is 0 Å². The molecular weight excluding hydrogens is 192 g/mol. The molecule has 1 rings (SSSR count). The van der Waals surface area contributed by atoms with E-state index < -0.39 is 0 Å². The molecule has 1 aliphatic rings. The second-order valence-corrected chi connectivity index (χ2v) is 5.06. The van der Waals surface area contributed by atoms with Crippen LogP contribution >= 0.6 is 0 Å². The summed E-state index contributed by atoms with van der Waals surface area (Å²) in [5, 5.41) is 0. The molecule has 16 heavy (non-hydrogen) atoms. The van der Waals surface area contributed by atoms with E-state index in [2.05, 4.69) is 26.0 Å². The fourth-order valence-corrected chi connectivity index (χ4v) is 2.34. The van der Waals surface area contributed by atoms with E-state index in [0.29, 0.717) is 0 Å². The largest absolute Gasteiger partial charge is 0.0699 e. The predicted molar refractivity (Wildman–Crippen MR) is 73.7 cm³/mol. The molecule has 0 atom stereocenters. The van der Waals surface area contributed by atoms with Crippen molar-refractivity contribution in [3.05, 3.63) is 23.3 Å². The van der Waals surface area contributed by atoms with E-state index in [1.165, 1.54) is 64.2 Å². The Morgan fingerprint density at radius 3 is 1.50 bits per heavy atom. The molecule has 0 nitrogen and oxygen atoms in total. The molecule has 0 spiro atoms. The highest BCUT2D eigenvalue weighted by atomic mass is 14.1. The standard InChI is InChI=1S/C16H28/c1-3-5-7-9-15-11-13-16(14-12-15)10-8-6-4-2/h11,13H,3-10,12,14H2,1-2H3. The molecule has 0 unspecified atom stereocenters. The highest BCUT2D eigenvalue weighted by Crippen LogP contribution is 2.25. The summed E-state index contributed by atoms with van der Waals surface area (Å²) in [5.74, 6) is 0. The Morgan fingerprint density at radius 1 is 0.750 bits per heavy atom. The van der Waals surface area contributed by atoms with Crippen LogP contribution in [0.2, 0.25) is 0 Å². The molecule has 0 bridgehead atoms. The van der Waals surface area contributed by atoms with Crippen molar-refractivity contribution in [1.29, 1.82) is 0 Å². The van der Waals surface area contributed by atoms with Gasteiger partial charge in [0.15, 0.2) is 0 Å². The third-order valence-corrected chi connectivity index (χ3v) is 3.52. The lowest BCUT2D eigenvalue weighted by Gasteiger charge is -2.14. The van der Waals surface area contributed by atoms with E-state index in [1.807, 2.05) is 0 Å².